The van der Waals surface area contributed by atoms with Gasteiger partial charge in [0.05, 0.1) is 6.61 Å². The van der Waals surface area contributed by atoms with Gasteiger partial charge in [-0.15, -0.1) is 0 Å². The lowest BCUT2D eigenvalue weighted by Gasteiger charge is -2.27. The highest BCUT2D eigenvalue weighted by Crippen LogP contribution is 2.16. The molecule has 0 aromatic rings. The molecule has 1 fully saturated rings. The van der Waals surface area contributed by atoms with Crippen molar-refractivity contribution in [3.8, 4) is 0 Å². The molecule has 1 aliphatic rings. The average molecular weight is 244 g/mol. The molecule has 0 aromatic heterocycles. The Morgan fingerprint density at radius 2 is 1.94 bits per heavy atom. The predicted molar refractivity (Wildman–Crippen MR) is 70.4 cm³/mol. The van der Waals surface area contributed by atoms with E-state index in [1.54, 1.807) is 14.2 Å². The van der Waals surface area contributed by atoms with E-state index in [0.29, 0.717) is 6.04 Å². The van der Waals surface area contributed by atoms with Gasteiger partial charge in [0.2, 0.25) is 0 Å². The third-order valence-corrected chi connectivity index (χ3v) is 3.62. The van der Waals surface area contributed by atoms with Crippen molar-refractivity contribution >= 4 is 0 Å². The molecule has 17 heavy (non-hydrogen) atoms. The zero-order valence-electron chi connectivity index (χ0n) is 11.6. The van der Waals surface area contributed by atoms with E-state index >= 15 is 0 Å². The standard InChI is InChI=1S/C13H28N2O2/c1-12-13(5-6-14-12)11-15(8-10-17-3)7-4-9-16-2/h12-14H,4-11H2,1-3H3. The van der Waals surface area contributed by atoms with Crippen LogP contribution in [0.4, 0.5) is 0 Å². The fraction of sp³-hybridized carbons (Fsp3) is 1.00. The van der Waals surface area contributed by atoms with Crippen LogP contribution in [0.2, 0.25) is 0 Å². The smallest absolute Gasteiger partial charge is 0.0589 e. The lowest BCUT2D eigenvalue weighted by atomic mass is 10.0. The molecular weight excluding hydrogens is 216 g/mol. The third kappa shape index (κ3) is 5.82. The Labute approximate surface area is 106 Å². The number of methoxy groups -OCH3 is 2. The summed E-state index contributed by atoms with van der Waals surface area (Å²) in [6.45, 7) is 8.46. The molecule has 4 heteroatoms. The van der Waals surface area contributed by atoms with Crippen molar-refractivity contribution in [1.82, 2.24) is 10.2 Å². The average Bonchev–Trinajstić information content (AvgIpc) is 2.72. The molecule has 1 N–H and O–H groups in total. The minimum atomic E-state index is 0.655. The van der Waals surface area contributed by atoms with Crippen LogP contribution in [0.25, 0.3) is 0 Å². The molecule has 0 saturated carbocycles. The number of hydrogen-bond donors (Lipinski definition) is 1. The number of nitrogens with one attached hydrogen (secondary N) is 1. The first-order valence-electron chi connectivity index (χ1n) is 6.71. The van der Waals surface area contributed by atoms with Gasteiger partial charge in [0.1, 0.15) is 0 Å². The molecule has 1 saturated heterocycles. The van der Waals surface area contributed by atoms with Gasteiger partial charge in [-0.1, -0.05) is 0 Å². The highest BCUT2D eigenvalue weighted by molar-refractivity contribution is 4.82. The van der Waals surface area contributed by atoms with E-state index in [1.807, 2.05) is 0 Å². The number of hydrogen-bond acceptors (Lipinski definition) is 4. The van der Waals surface area contributed by atoms with Crippen molar-refractivity contribution in [2.75, 3.05) is 53.6 Å². The highest BCUT2D eigenvalue weighted by Gasteiger charge is 2.24. The van der Waals surface area contributed by atoms with Crippen molar-refractivity contribution in [2.24, 2.45) is 5.92 Å². The predicted octanol–water partition coefficient (Wildman–Crippen LogP) is 0.969. The topological polar surface area (TPSA) is 33.7 Å². The molecule has 4 nitrogen and oxygen atoms in total. The van der Waals surface area contributed by atoms with Crippen LogP contribution in [0.15, 0.2) is 0 Å². The monoisotopic (exact) mass is 244 g/mol. The maximum absolute atomic E-state index is 5.18. The quantitative estimate of drug-likeness (QED) is 0.613. The van der Waals surface area contributed by atoms with Crippen LogP contribution < -0.4 is 5.32 Å². The Balaban J connectivity index is 2.27. The first kappa shape index (κ1) is 14.9. The van der Waals surface area contributed by atoms with Crippen molar-refractivity contribution < 1.29 is 9.47 Å². The second kappa shape index (κ2) is 8.86. The minimum Gasteiger partial charge on any atom is -0.385 e. The molecule has 1 rings (SSSR count). The molecule has 0 bridgehead atoms. The third-order valence-electron chi connectivity index (χ3n) is 3.62. The van der Waals surface area contributed by atoms with E-state index < -0.39 is 0 Å². The van der Waals surface area contributed by atoms with Gasteiger partial charge in [-0.2, -0.15) is 0 Å². The molecule has 1 heterocycles. The summed E-state index contributed by atoms with van der Waals surface area (Å²) < 4.78 is 10.3. The number of ether oxygens (including phenoxy) is 2. The summed E-state index contributed by atoms with van der Waals surface area (Å²) in [4.78, 5) is 2.51. The van der Waals surface area contributed by atoms with Crippen LogP contribution in [0.5, 0.6) is 0 Å². The molecule has 0 amide bonds. The molecule has 102 valence electrons. The van der Waals surface area contributed by atoms with Crippen molar-refractivity contribution in [3.63, 3.8) is 0 Å². The zero-order chi connectivity index (χ0) is 12.5. The van der Waals surface area contributed by atoms with Crippen LogP contribution >= 0.6 is 0 Å². The van der Waals surface area contributed by atoms with Gasteiger partial charge in [0, 0.05) is 46.5 Å². The van der Waals surface area contributed by atoms with E-state index in [1.165, 1.54) is 19.5 Å². The van der Waals surface area contributed by atoms with Crippen LogP contribution in [-0.4, -0.2) is 64.6 Å². The molecule has 2 atom stereocenters. The van der Waals surface area contributed by atoms with E-state index in [-0.39, 0.29) is 0 Å². The van der Waals surface area contributed by atoms with E-state index in [2.05, 4.69) is 17.1 Å². The summed E-state index contributed by atoms with van der Waals surface area (Å²) in [5.74, 6) is 0.786. The van der Waals surface area contributed by atoms with Crippen LogP contribution in [0.3, 0.4) is 0 Å². The largest absolute Gasteiger partial charge is 0.385 e. The van der Waals surface area contributed by atoms with Gasteiger partial charge in [-0.25, -0.2) is 0 Å². The molecular formula is C13H28N2O2. The Bertz CT molecular complexity index is 190. The van der Waals surface area contributed by atoms with Gasteiger partial charge in [-0.05, 0) is 32.2 Å². The summed E-state index contributed by atoms with van der Waals surface area (Å²) in [5.41, 5.74) is 0. The molecule has 2 unspecified atom stereocenters. The summed E-state index contributed by atoms with van der Waals surface area (Å²) in [5, 5.41) is 3.52. The molecule has 0 aromatic carbocycles. The fourth-order valence-corrected chi connectivity index (χ4v) is 2.44. The Hall–Kier alpha value is -0.160. The maximum Gasteiger partial charge on any atom is 0.0589 e. The lowest BCUT2D eigenvalue weighted by Crippen LogP contribution is -2.37. The van der Waals surface area contributed by atoms with Gasteiger partial charge < -0.3 is 19.7 Å². The van der Waals surface area contributed by atoms with Gasteiger partial charge in [-0.3, -0.25) is 0 Å². The Morgan fingerprint density at radius 3 is 2.53 bits per heavy atom. The van der Waals surface area contributed by atoms with Gasteiger partial charge >= 0.3 is 0 Å². The number of nitrogens with zero attached hydrogens (tertiary/aromatic N) is 1. The zero-order valence-corrected chi connectivity index (χ0v) is 11.6. The summed E-state index contributed by atoms with van der Waals surface area (Å²) in [7, 11) is 3.54. The highest BCUT2D eigenvalue weighted by atomic mass is 16.5. The van der Waals surface area contributed by atoms with Crippen molar-refractivity contribution in [2.45, 2.75) is 25.8 Å². The molecule has 1 aliphatic heterocycles. The normalized spacial score (nSPS) is 24.7. The SMILES string of the molecule is COCCCN(CCOC)CC1CCNC1C. The van der Waals surface area contributed by atoms with Gasteiger partial charge in [0.25, 0.3) is 0 Å². The first-order chi connectivity index (χ1) is 8.27. The van der Waals surface area contributed by atoms with Crippen LogP contribution in [0, 0.1) is 5.92 Å². The number of rotatable bonds is 9. The molecule has 0 radical (unpaired) electrons. The first-order valence-corrected chi connectivity index (χ1v) is 6.71. The molecule has 0 spiro atoms. The van der Waals surface area contributed by atoms with E-state index in [9.17, 15) is 0 Å². The maximum atomic E-state index is 5.18. The minimum absolute atomic E-state index is 0.655. The van der Waals surface area contributed by atoms with E-state index in [4.69, 9.17) is 9.47 Å². The lowest BCUT2D eigenvalue weighted by molar-refractivity contribution is 0.121. The summed E-state index contributed by atoms with van der Waals surface area (Å²) >= 11 is 0. The second-order valence-corrected chi connectivity index (χ2v) is 4.93. The van der Waals surface area contributed by atoms with E-state index in [0.717, 1.165) is 38.6 Å². The van der Waals surface area contributed by atoms with Crippen LogP contribution in [-0.2, 0) is 9.47 Å². The van der Waals surface area contributed by atoms with Crippen molar-refractivity contribution in [3.05, 3.63) is 0 Å². The van der Waals surface area contributed by atoms with Crippen molar-refractivity contribution in [1.29, 1.82) is 0 Å². The Morgan fingerprint density at radius 1 is 1.18 bits per heavy atom. The summed E-state index contributed by atoms with van der Waals surface area (Å²) in [6.07, 6.45) is 2.41. The second-order valence-electron chi connectivity index (χ2n) is 4.93. The fourth-order valence-electron chi connectivity index (χ4n) is 2.44. The molecule has 0 aliphatic carbocycles. The van der Waals surface area contributed by atoms with Crippen LogP contribution in [0.1, 0.15) is 19.8 Å². The summed E-state index contributed by atoms with van der Waals surface area (Å²) in [6, 6.07) is 0.655. The van der Waals surface area contributed by atoms with Gasteiger partial charge in [0.15, 0.2) is 0 Å². The Kier molecular flexibility index (Phi) is 7.77.